The molecule has 0 aliphatic heterocycles. The Kier molecular flexibility index (Phi) is 15.2. The van der Waals surface area contributed by atoms with E-state index in [0.717, 1.165) is 5.56 Å². The lowest BCUT2D eigenvalue weighted by atomic mass is 10.1. The maximum Gasteiger partial charge on any atom is 0.337 e. The lowest BCUT2D eigenvalue weighted by molar-refractivity contribution is 0.0600. The number of amides is 1. The first-order valence-corrected chi connectivity index (χ1v) is 13.2. The Bertz CT molecular complexity index is 1440. The molecule has 0 atom stereocenters. The smallest absolute Gasteiger partial charge is 0.337 e. The molecule has 4 aromatic rings. The molecule has 4 rings (SSSR count). The number of ether oxygens (including phenoxy) is 3. The van der Waals surface area contributed by atoms with Crippen molar-refractivity contribution in [1.82, 2.24) is 5.32 Å². The Hall–Kier alpha value is -6.02. The quantitative estimate of drug-likeness (QED) is 0.115. The van der Waals surface area contributed by atoms with Crippen LogP contribution in [0.4, 0.5) is 45.5 Å². The first-order valence-electron chi connectivity index (χ1n) is 13.2. The van der Waals surface area contributed by atoms with Gasteiger partial charge in [-0.3, -0.25) is 4.79 Å². The number of nitrogens with one attached hydrogen (secondary N) is 1. The molecule has 0 radical (unpaired) electrons. The topological polar surface area (TPSA) is 282 Å². The number of nitrogens with two attached hydrogens (primary N) is 8. The Morgan fingerprint density at radius 3 is 1.42 bits per heavy atom. The van der Waals surface area contributed by atoms with E-state index in [9.17, 15) is 9.59 Å². The summed E-state index contributed by atoms with van der Waals surface area (Å²) >= 11 is 0. The standard InChI is InChI=1S/C8H11N3O.C8H10N2O2.C8H12N2O.C7H10N2O/c1-11-8(12)5-2-6(9)4-7(10)3-5;1-12-8(11)5-2-6(9)4-7(10)3-5;1-11-5-6-2-7(9)4-8(10)3-6;1-10-7-3-2-5(8)4-6(7)9/h2-4H,9-10H2,1H3,(H,11,12);2-4H,9-10H2,1H3;2-4H,5,9-10H2,1H3;2-4H,8-9H2,1H3. The zero-order valence-electron chi connectivity index (χ0n) is 25.8. The van der Waals surface area contributed by atoms with Gasteiger partial charge in [-0.1, -0.05) is 0 Å². The summed E-state index contributed by atoms with van der Waals surface area (Å²) in [6.45, 7) is 0.551. The van der Waals surface area contributed by atoms with Crippen molar-refractivity contribution in [2.45, 2.75) is 6.61 Å². The molecule has 17 N–H and O–H groups in total. The SMILES string of the molecule is CNC(=O)c1cc(N)cc(N)c1.COC(=O)c1cc(N)cc(N)c1.COCc1cc(N)cc(N)c1.COc1ccc(N)cc1N. The molecule has 4 aromatic carbocycles. The van der Waals surface area contributed by atoms with Gasteiger partial charge in [-0.15, -0.1) is 0 Å². The van der Waals surface area contributed by atoms with Crippen molar-refractivity contribution >= 4 is 57.4 Å². The van der Waals surface area contributed by atoms with Crippen LogP contribution in [-0.2, 0) is 16.1 Å². The zero-order valence-corrected chi connectivity index (χ0v) is 25.8. The average molecular weight is 622 g/mol. The van der Waals surface area contributed by atoms with Gasteiger partial charge < -0.3 is 65.4 Å². The van der Waals surface area contributed by atoms with Crippen molar-refractivity contribution < 1.29 is 23.8 Å². The van der Waals surface area contributed by atoms with Crippen LogP contribution in [0.15, 0.2) is 72.8 Å². The summed E-state index contributed by atoms with van der Waals surface area (Å²) in [6.07, 6.45) is 0. The van der Waals surface area contributed by atoms with Crippen molar-refractivity contribution in [1.29, 1.82) is 0 Å². The van der Waals surface area contributed by atoms with E-state index in [4.69, 9.17) is 55.3 Å². The van der Waals surface area contributed by atoms with E-state index in [1.807, 2.05) is 12.1 Å². The number of carbonyl (C=O) groups excluding carboxylic acids is 2. The van der Waals surface area contributed by atoms with Gasteiger partial charge in [0.25, 0.3) is 5.91 Å². The summed E-state index contributed by atoms with van der Waals surface area (Å²) in [5.41, 5.74) is 50.3. The van der Waals surface area contributed by atoms with Crippen LogP contribution in [0.25, 0.3) is 0 Å². The lowest BCUT2D eigenvalue weighted by Gasteiger charge is -2.03. The maximum atomic E-state index is 11.1. The largest absolute Gasteiger partial charge is 0.495 e. The minimum atomic E-state index is -0.436. The van der Waals surface area contributed by atoms with Crippen LogP contribution in [0.3, 0.4) is 0 Å². The summed E-state index contributed by atoms with van der Waals surface area (Å²) in [6, 6.07) is 19.9. The molecule has 0 saturated heterocycles. The highest BCUT2D eigenvalue weighted by atomic mass is 16.5. The molecule has 0 bridgehead atoms. The summed E-state index contributed by atoms with van der Waals surface area (Å²) in [7, 11) is 6.07. The number of methoxy groups -OCH3 is 3. The van der Waals surface area contributed by atoms with Crippen LogP contribution >= 0.6 is 0 Å². The van der Waals surface area contributed by atoms with E-state index in [1.165, 1.54) is 19.2 Å². The molecule has 0 aromatic heterocycles. The lowest BCUT2D eigenvalue weighted by Crippen LogP contribution is -2.18. The number of nitrogen functional groups attached to an aromatic ring is 8. The summed E-state index contributed by atoms with van der Waals surface area (Å²) in [5.74, 6) is 0.0391. The highest BCUT2D eigenvalue weighted by Crippen LogP contribution is 2.22. The number of esters is 1. The summed E-state index contributed by atoms with van der Waals surface area (Å²) in [5, 5.41) is 2.49. The minimum Gasteiger partial charge on any atom is -0.495 e. The van der Waals surface area contributed by atoms with Crippen molar-refractivity contribution in [2.24, 2.45) is 0 Å². The van der Waals surface area contributed by atoms with Crippen LogP contribution in [0.1, 0.15) is 26.3 Å². The highest BCUT2D eigenvalue weighted by molar-refractivity contribution is 5.95. The molecule has 0 heterocycles. The molecule has 14 nitrogen and oxygen atoms in total. The number of anilines is 8. The molecule has 14 heteroatoms. The molecular weight excluding hydrogens is 578 g/mol. The van der Waals surface area contributed by atoms with Crippen LogP contribution in [0.5, 0.6) is 5.75 Å². The first-order chi connectivity index (χ1) is 21.2. The number of hydrogen-bond acceptors (Lipinski definition) is 13. The predicted molar refractivity (Wildman–Crippen MR) is 183 cm³/mol. The van der Waals surface area contributed by atoms with Crippen LogP contribution in [0, 0.1) is 0 Å². The Morgan fingerprint density at radius 2 is 1.04 bits per heavy atom. The van der Waals surface area contributed by atoms with Gasteiger partial charge in [-0.2, -0.15) is 0 Å². The van der Waals surface area contributed by atoms with Gasteiger partial charge in [0, 0.05) is 59.5 Å². The maximum absolute atomic E-state index is 11.1. The fourth-order valence-corrected chi connectivity index (χ4v) is 3.61. The monoisotopic (exact) mass is 621 g/mol. The molecule has 0 aliphatic rings. The minimum absolute atomic E-state index is 0.186. The van der Waals surface area contributed by atoms with Crippen LogP contribution in [0.2, 0.25) is 0 Å². The van der Waals surface area contributed by atoms with E-state index in [-0.39, 0.29) is 5.91 Å². The molecule has 1 amide bonds. The van der Waals surface area contributed by atoms with Crippen LogP contribution in [-0.4, -0.2) is 40.3 Å². The van der Waals surface area contributed by atoms with Crippen molar-refractivity contribution in [3.63, 3.8) is 0 Å². The van der Waals surface area contributed by atoms with Crippen LogP contribution < -0.4 is 55.9 Å². The Morgan fingerprint density at radius 1 is 0.600 bits per heavy atom. The first kappa shape index (κ1) is 37.0. The molecule has 0 aliphatic carbocycles. The third-order valence-corrected chi connectivity index (χ3v) is 5.47. The fourth-order valence-electron chi connectivity index (χ4n) is 3.61. The molecule has 0 spiro atoms. The third kappa shape index (κ3) is 13.7. The van der Waals surface area contributed by atoms with Crippen molar-refractivity contribution in [3.05, 3.63) is 89.5 Å². The second kappa shape index (κ2) is 18.5. The number of carbonyl (C=O) groups is 2. The third-order valence-electron chi connectivity index (χ3n) is 5.47. The molecule has 45 heavy (non-hydrogen) atoms. The molecule has 0 saturated carbocycles. The van der Waals surface area contributed by atoms with Gasteiger partial charge in [-0.25, -0.2) is 4.79 Å². The van der Waals surface area contributed by atoms with E-state index in [0.29, 0.717) is 69.0 Å². The van der Waals surface area contributed by atoms with Gasteiger partial charge >= 0.3 is 5.97 Å². The van der Waals surface area contributed by atoms with E-state index in [2.05, 4.69) is 10.1 Å². The average Bonchev–Trinajstić information content (AvgIpc) is 2.96. The zero-order chi connectivity index (χ0) is 34.1. The molecular formula is C31H43N9O5. The summed E-state index contributed by atoms with van der Waals surface area (Å²) in [4.78, 5) is 22.1. The van der Waals surface area contributed by atoms with Gasteiger partial charge in [0.15, 0.2) is 0 Å². The van der Waals surface area contributed by atoms with Gasteiger partial charge in [0.05, 0.1) is 32.1 Å². The second-order valence-corrected chi connectivity index (χ2v) is 9.29. The summed E-state index contributed by atoms with van der Waals surface area (Å²) < 4.78 is 14.3. The number of hydrogen-bond donors (Lipinski definition) is 9. The predicted octanol–water partition coefficient (Wildman–Crippen LogP) is 2.71. The highest BCUT2D eigenvalue weighted by Gasteiger charge is 2.06. The van der Waals surface area contributed by atoms with E-state index >= 15 is 0 Å². The number of rotatable bonds is 5. The fraction of sp³-hybridized carbons (Fsp3) is 0.161. The van der Waals surface area contributed by atoms with Gasteiger partial charge in [0.2, 0.25) is 0 Å². The van der Waals surface area contributed by atoms with E-state index < -0.39 is 5.97 Å². The Labute approximate surface area is 262 Å². The normalized spacial score (nSPS) is 9.51. The van der Waals surface area contributed by atoms with E-state index in [1.54, 1.807) is 69.8 Å². The number of benzene rings is 4. The Balaban J connectivity index is 0.000000301. The van der Waals surface area contributed by atoms with Gasteiger partial charge in [-0.05, 0) is 78.4 Å². The second-order valence-electron chi connectivity index (χ2n) is 9.29. The van der Waals surface area contributed by atoms with Crippen molar-refractivity contribution in [3.8, 4) is 5.75 Å². The van der Waals surface area contributed by atoms with Gasteiger partial charge in [0.1, 0.15) is 5.75 Å². The molecule has 0 fully saturated rings. The molecule has 242 valence electrons. The molecule has 0 unspecified atom stereocenters. The van der Waals surface area contributed by atoms with Crippen molar-refractivity contribution in [2.75, 3.05) is 74.2 Å².